The maximum Gasteiger partial charge on any atom is 0.159 e. The highest BCUT2D eigenvalue weighted by atomic mass is 14.9. The zero-order chi connectivity index (χ0) is 15.4. The summed E-state index contributed by atoms with van der Waals surface area (Å²) in [5.74, 6) is 0.722. The largest absolute Gasteiger partial charge is 0.236 e. The van der Waals surface area contributed by atoms with E-state index in [1.165, 1.54) is 5.56 Å². The summed E-state index contributed by atoms with van der Waals surface area (Å²) in [6, 6.07) is 17.8. The second kappa shape index (κ2) is 6.19. The smallest absolute Gasteiger partial charge is 0.159 e. The number of aryl methyl sites for hydroxylation is 1. The molecule has 0 N–H and O–H groups in total. The van der Waals surface area contributed by atoms with E-state index in [9.17, 15) is 0 Å². The van der Waals surface area contributed by atoms with Gasteiger partial charge in [0.1, 0.15) is 0 Å². The lowest BCUT2D eigenvalue weighted by Gasteiger charge is -2.04. The molecule has 3 nitrogen and oxygen atoms in total. The molecule has 0 unspecified atom stereocenters. The van der Waals surface area contributed by atoms with Crippen LogP contribution < -0.4 is 0 Å². The third-order valence-electron chi connectivity index (χ3n) is 3.62. The second-order valence-corrected chi connectivity index (χ2v) is 5.03. The van der Waals surface area contributed by atoms with Crippen LogP contribution >= 0.6 is 0 Å². The summed E-state index contributed by atoms with van der Waals surface area (Å²) in [7, 11) is 0. The molecule has 22 heavy (non-hydrogen) atoms. The van der Waals surface area contributed by atoms with Gasteiger partial charge in [0, 0.05) is 23.5 Å². The summed E-state index contributed by atoms with van der Waals surface area (Å²) < 4.78 is 0. The Bertz CT molecular complexity index is 795. The molecular weight excluding hydrogens is 270 g/mol. The number of aromatic nitrogens is 2. The highest BCUT2D eigenvalue weighted by molar-refractivity contribution is 5.64. The summed E-state index contributed by atoms with van der Waals surface area (Å²) in [6.45, 7) is 2.14. The molecule has 3 rings (SSSR count). The van der Waals surface area contributed by atoms with Gasteiger partial charge < -0.3 is 0 Å². The van der Waals surface area contributed by atoms with Crippen LogP contribution in [-0.2, 0) is 6.42 Å². The third-order valence-corrected chi connectivity index (χ3v) is 3.62. The number of benzene rings is 2. The minimum absolute atomic E-state index is 0.650. The van der Waals surface area contributed by atoms with Crippen molar-refractivity contribution in [2.45, 2.75) is 13.3 Å². The lowest BCUT2D eigenvalue weighted by Crippen LogP contribution is -1.90. The molecular formula is C19H15N3. The summed E-state index contributed by atoms with van der Waals surface area (Å²) in [5, 5.41) is 8.82. The van der Waals surface area contributed by atoms with E-state index < -0.39 is 0 Å². The molecule has 0 bridgehead atoms. The Labute approximate surface area is 129 Å². The molecule has 0 radical (unpaired) electrons. The highest BCUT2D eigenvalue weighted by Crippen LogP contribution is 2.21. The maximum atomic E-state index is 8.82. The second-order valence-electron chi connectivity index (χ2n) is 5.03. The Kier molecular flexibility index (Phi) is 3.93. The molecule has 3 heteroatoms. The van der Waals surface area contributed by atoms with Crippen LogP contribution in [0.4, 0.5) is 0 Å². The molecule has 1 heterocycles. The number of rotatable bonds is 3. The van der Waals surface area contributed by atoms with Gasteiger partial charge in [0.25, 0.3) is 0 Å². The normalized spacial score (nSPS) is 10.2. The van der Waals surface area contributed by atoms with E-state index in [1.54, 1.807) is 12.1 Å². The van der Waals surface area contributed by atoms with E-state index in [-0.39, 0.29) is 0 Å². The Hall–Kier alpha value is -2.99. The predicted octanol–water partition coefficient (Wildman–Crippen LogP) is 4.24. The zero-order valence-electron chi connectivity index (χ0n) is 12.3. The fourth-order valence-electron chi connectivity index (χ4n) is 2.25. The van der Waals surface area contributed by atoms with Gasteiger partial charge in [-0.25, -0.2) is 9.97 Å². The molecule has 0 amide bonds. The van der Waals surface area contributed by atoms with Crippen LogP contribution in [0, 0.1) is 11.3 Å². The quantitative estimate of drug-likeness (QED) is 0.723. The monoisotopic (exact) mass is 285 g/mol. The molecule has 0 saturated heterocycles. The van der Waals surface area contributed by atoms with Crippen molar-refractivity contribution < 1.29 is 0 Å². The first kappa shape index (κ1) is 14.0. The van der Waals surface area contributed by atoms with Gasteiger partial charge in [-0.2, -0.15) is 5.26 Å². The minimum atomic E-state index is 0.650. The minimum Gasteiger partial charge on any atom is -0.236 e. The van der Waals surface area contributed by atoms with Crippen LogP contribution in [0.15, 0.2) is 60.9 Å². The summed E-state index contributed by atoms with van der Waals surface area (Å²) in [6.07, 6.45) is 4.66. The number of hydrogen-bond donors (Lipinski definition) is 0. The Morgan fingerprint density at radius 1 is 0.818 bits per heavy atom. The van der Waals surface area contributed by atoms with E-state index in [0.717, 1.165) is 28.9 Å². The van der Waals surface area contributed by atoms with E-state index in [0.29, 0.717) is 5.56 Å². The molecule has 2 aromatic carbocycles. The Balaban J connectivity index is 1.86. The van der Waals surface area contributed by atoms with Gasteiger partial charge in [-0.05, 0) is 29.7 Å². The molecule has 0 aliphatic rings. The van der Waals surface area contributed by atoms with Crippen molar-refractivity contribution in [2.75, 3.05) is 0 Å². The standard InChI is InChI=1S/C19H15N3/c1-2-14-3-9-17(10-4-14)19-21-12-18(13-22-19)16-7-5-15(11-20)6-8-16/h3-10,12-13H,2H2,1H3. The molecule has 106 valence electrons. The van der Waals surface area contributed by atoms with Gasteiger partial charge in [0.2, 0.25) is 0 Å². The van der Waals surface area contributed by atoms with Crippen molar-refractivity contribution in [2.24, 2.45) is 0 Å². The Morgan fingerprint density at radius 3 is 1.95 bits per heavy atom. The first-order valence-electron chi connectivity index (χ1n) is 7.22. The summed E-state index contributed by atoms with van der Waals surface area (Å²) >= 11 is 0. The van der Waals surface area contributed by atoms with Gasteiger partial charge >= 0.3 is 0 Å². The van der Waals surface area contributed by atoms with Crippen LogP contribution in [0.1, 0.15) is 18.1 Å². The van der Waals surface area contributed by atoms with Gasteiger partial charge in [0.05, 0.1) is 11.6 Å². The van der Waals surface area contributed by atoms with Crippen molar-refractivity contribution in [3.8, 4) is 28.6 Å². The van der Waals surface area contributed by atoms with Crippen molar-refractivity contribution in [1.29, 1.82) is 5.26 Å². The van der Waals surface area contributed by atoms with Crippen LogP contribution in [0.3, 0.4) is 0 Å². The first-order valence-corrected chi connectivity index (χ1v) is 7.22. The van der Waals surface area contributed by atoms with Gasteiger partial charge in [-0.1, -0.05) is 43.3 Å². The van der Waals surface area contributed by atoms with Gasteiger partial charge in [-0.3, -0.25) is 0 Å². The van der Waals surface area contributed by atoms with Crippen molar-refractivity contribution >= 4 is 0 Å². The molecule has 0 aliphatic heterocycles. The number of nitriles is 1. The van der Waals surface area contributed by atoms with E-state index in [1.807, 2.05) is 24.5 Å². The SMILES string of the molecule is CCc1ccc(-c2ncc(-c3ccc(C#N)cc3)cn2)cc1. The van der Waals surface area contributed by atoms with E-state index in [2.05, 4.69) is 47.2 Å². The van der Waals surface area contributed by atoms with E-state index >= 15 is 0 Å². The average Bonchev–Trinajstić information content (AvgIpc) is 2.62. The van der Waals surface area contributed by atoms with Crippen LogP contribution in [0.25, 0.3) is 22.5 Å². The number of nitrogens with zero attached hydrogens (tertiary/aromatic N) is 3. The lowest BCUT2D eigenvalue weighted by atomic mass is 10.1. The van der Waals surface area contributed by atoms with Gasteiger partial charge in [0.15, 0.2) is 5.82 Å². The van der Waals surface area contributed by atoms with Crippen LogP contribution in [0.5, 0.6) is 0 Å². The molecule has 0 fully saturated rings. The van der Waals surface area contributed by atoms with Crippen molar-refractivity contribution in [3.63, 3.8) is 0 Å². The van der Waals surface area contributed by atoms with E-state index in [4.69, 9.17) is 5.26 Å². The fraction of sp³-hybridized carbons (Fsp3) is 0.105. The molecule has 0 saturated carbocycles. The van der Waals surface area contributed by atoms with Crippen LogP contribution in [0.2, 0.25) is 0 Å². The Morgan fingerprint density at radius 2 is 1.41 bits per heavy atom. The lowest BCUT2D eigenvalue weighted by molar-refractivity contribution is 1.13. The average molecular weight is 285 g/mol. The summed E-state index contributed by atoms with van der Waals surface area (Å²) in [4.78, 5) is 8.89. The predicted molar refractivity (Wildman–Crippen MR) is 87.0 cm³/mol. The van der Waals surface area contributed by atoms with Crippen molar-refractivity contribution in [3.05, 3.63) is 72.1 Å². The third kappa shape index (κ3) is 2.87. The molecule has 0 atom stereocenters. The molecule has 0 spiro atoms. The first-order chi connectivity index (χ1) is 10.8. The molecule has 0 aliphatic carbocycles. The maximum absolute atomic E-state index is 8.82. The zero-order valence-corrected chi connectivity index (χ0v) is 12.3. The fourth-order valence-corrected chi connectivity index (χ4v) is 2.25. The number of hydrogen-bond acceptors (Lipinski definition) is 3. The molecule has 3 aromatic rings. The van der Waals surface area contributed by atoms with Gasteiger partial charge in [-0.15, -0.1) is 0 Å². The van der Waals surface area contributed by atoms with Crippen molar-refractivity contribution in [1.82, 2.24) is 9.97 Å². The van der Waals surface area contributed by atoms with Crippen LogP contribution in [-0.4, -0.2) is 9.97 Å². The molecule has 1 aromatic heterocycles. The summed E-state index contributed by atoms with van der Waals surface area (Å²) in [5.41, 5.74) is 4.92. The topological polar surface area (TPSA) is 49.6 Å². The highest BCUT2D eigenvalue weighted by Gasteiger charge is 2.03.